The molecule has 5 heterocycles. The number of thiophene rings is 1. The predicted molar refractivity (Wildman–Crippen MR) is 151 cm³/mol. The largest absolute Gasteiger partial charge is 0.493 e. The molecule has 0 bridgehead atoms. The highest BCUT2D eigenvalue weighted by Crippen LogP contribution is 2.45. The summed E-state index contributed by atoms with van der Waals surface area (Å²) in [6.07, 6.45) is 3.75. The highest BCUT2D eigenvalue weighted by molar-refractivity contribution is 7.13. The molecule has 3 aliphatic rings. The lowest BCUT2D eigenvalue weighted by atomic mass is 9.95. The molecule has 1 aromatic carbocycles. The lowest BCUT2D eigenvalue weighted by Crippen LogP contribution is -2.37. The highest BCUT2D eigenvalue weighted by atomic mass is 32.1. The monoisotopic (exact) mass is 549 g/mol. The van der Waals surface area contributed by atoms with Crippen LogP contribution in [-0.2, 0) is 22.5 Å². The minimum absolute atomic E-state index is 0.0243. The van der Waals surface area contributed by atoms with Crippen molar-refractivity contribution in [3.05, 3.63) is 47.0 Å². The second-order valence-corrected chi connectivity index (χ2v) is 11.4. The molecule has 3 aliphatic heterocycles. The Kier molecular flexibility index (Phi) is 7.36. The van der Waals surface area contributed by atoms with Crippen molar-refractivity contribution in [3.63, 3.8) is 0 Å². The number of nitrogens with zero attached hydrogens (tertiary/aromatic N) is 3. The van der Waals surface area contributed by atoms with E-state index in [2.05, 4.69) is 34.2 Å². The summed E-state index contributed by atoms with van der Waals surface area (Å²) in [7, 11) is 1.68. The molecule has 8 nitrogen and oxygen atoms in total. The van der Waals surface area contributed by atoms with Crippen LogP contribution >= 0.6 is 11.3 Å². The zero-order valence-corrected chi connectivity index (χ0v) is 23.4. The molecule has 2 amide bonds. The molecule has 1 unspecified atom stereocenters. The molecule has 9 heteroatoms. The van der Waals surface area contributed by atoms with E-state index in [0.717, 1.165) is 59.7 Å². The third kappa shape index (κ3) is 5.05. The maximum Gasteiger partial charge on any atom is 0.270 e. The molecule has 1 atom stereocenters. The van der Waals surface area contributed by atoms with Crippen LogP contribution in [0.1, 0.15) is 42.2 Å². The minimum Gasteiger partial charge on any atom is -0.493 e. The molecule has 6 rings (SSSR count). The number of hydrogen-bond donors (Lipinski definition) is 0. The molecule has 2 fully saturated rings. The van der Waals surface area contributed by atoms with Gasteiger partial charge in [-0.1, -0.05) is 6.07 Å². The van der Waals surface area contributed by atoms with E-state index >= 15 is 0 Å². The molecule has 0 aliphatic carbocycles. The second-order valence-electron chi connectivity index (χ2n) is 10.4. The first-order valence-electron chi connectivity index (χ1n) is 13.8. The third-order valence-corrected chi connectivity index (χ3v) is 8.93. The van der Waals surface area contributed by atoms with Crippen molar-refractivity contribution in [2.45, 2.75) is 45.3 Å². The molecule has 3 aromatic rings. The maximum absolute atomic E-state index is 14.0. The molecule has 0 saturated carbocycles. The molecule has 0 N–H and O–H groups in total. The highest BCUT2D eigenvalue weighted by Gasteiger charge is 2.31. The molecule has 0 radical (unpaired) electrons. The number of carbonyl (C=O) groups excluding carboxylic acids is 2. The summed E-state index contributed by atoms with van der Waals surface area (Å²) in [6.45, 7) is 6.03. The Labute approximate surface area is 233 Å². The fraction of sp³-hybridized carbons (Fsp3) is 0.467. The van der Waals surface area contributed by atoms with Gasteiger partial charge in [-0.15, -0.1) is 11.3 Å². The van der Waals surface area contributed by atoms with Crippen molar-refractivity contribution >= 4 is 23.2 Å². The SMILES string of the molecule is COc1cc2c(cc1OCC1CCCO1)-c1c(-c3cccs3)cc(C(=O)N3CCCN(C(C)=O)CC3)n1CC2. The Balaban J connectivity index is 1.38. The van der Waals surface area contributed by atoms with Gasteiger partial charge in [-0.2, -0.15) is 0 Å². The van der Waals surface area contributed by atoms with Crippen molar-refractivity contribution in [1.29, 1.82) is 0 Å². The first-order chi connectivity index (χ1) is 19.0. The number of rotatable bonds is 6. The van der Waals surface area contributed by atoms with Gasteiger partial charge in [0.1, 0.15) is 12.3 Å². The molecule has 0 spiro atoms. The van der Waals surface area contributed by atoms with E-state index in [4.69, 9.17) is 14.2 Å². The van der Waals surface area contributed by atoms with E-state index in [9.17, 15) is 9.59 Å². The molecule has 2 aromatic heterocycles. The number of carbonyl (C=O) groups is 2. The van der Waals surface area contributed by atoms with Gasteiger partial charge in [-0.05, 0) is 60.9 Å². The fourth-order valence-corrected chi connectivity index (χ4v) is 6.70. The van der Waals surface area contributed by atoms with Gasteiger partial charge >= 0.3 is 0 Å². The Morgan fingerprint density at radius 3 is 2.62 bits per heavy atom. The van der Waals surface area contributed by atoms with Gasteiger partial charge in [-0.25, -0.2) is 0 Å². The van der Waals surface area contributed by atoms with Crippen molar-refractivity contribution in [1.82, 2.24) is 14.4 Å². The standard InChI is InChI=1S/C30H35N3O5S/c1-20(34)31-9-5-10-32(13-12-31)30(35)25-17-24(28-7-4-15-39-28)29-23-18-27(38-19-22-6-3-14-37-22)26(36-2)16-21(23)8-11-33(25)29/h4,7,15-18,22H,3,5-6,8-14,19H2,1-2H3. The van der Waals surface area contributed by atoms with E-state index in [1.807, 2.05) is 15.9 Å². The smallest absolute Gasteiger partial charge is 0.270 e. The second kappa shape index (κ2) is 11.1. The first kappa shape index (κ1) is 26.0. The van der Waals surface area contributed by atoms with Gasteiger partial charge in [-0.3, -0.25) is 9.59 Å². The van der Waals surface area contributed by atoms with Gasteiger partial charge in [0.05, 0.1) is 18.9 Å². The van der Waals surface area contributed by atoms with Crippen molar-refractivity contribution < 1.29 is 23.8 Å². The van der Waals surface area contributed by atoms with Crippen LogP contribution in [0.4, 0.5) is 0 Å². The summed E-state index contributed by atoms with van der Waals surface area (Å²) in [4.78, 5) is 30.8. The van der Waals surface area contributed by atoms with Gasteiger partial charge < -0.3 is 28.6 Å². The summed E-state index contributed by atoms with van der Waals surface area (Å²) >= 11 is 1.68. The zero-order chi connectivity index (χ0) is 26.9. The van der Waals surface area contributed by atoms with Crippen LogP contribution in [0.25, 0.3) is 21.7 Å². The molecule has 39 heavy (non-hydrogen) atoms. The Bertz CT molecular complexity index is 1360. The van der Waals surface area contributed by atoms with Gasteiger partial charge in [0.15, 0.2) is 11.5 Å². The predicted octanol–water partition coefficient (Wildman–Crippen LogP) is 4.70. The van der Waals surface area contributed by atoms with Gasteiger partial charge in [0, 0.05) is 62.3 Å². The number of methoxy groups -OCH3 is 1. The van der Waals surface area contributed by atoms with Crippen LogP contribution in [0.15, 0.2) is 35.7 Å². The molecular formula is C30H35N3O5S. The van der Waals surface area contributed by atoms with E-state index in [-0.39, 0.29) is 17.9 Å². The van der Waals surface area contributed by atoms with Crippen LogP contribution in [0.3, 0.4) is 0 Å². The third-order valence-electron chi connectivity index (χ3n) is 8.03. The summed E-state index contributed by atoms with van der Waals surface area (Å²) in [5.74, 6) is 1.51. The zero-order valence-electron chi connectivity index (χ0n) is 22.6. The average molecular weight is 550 g/mol. The summed E-state index contributed by atoms with van der Waals surface area (Å²) in [5, 5.41) is 2.07. The van der Waals surface area contributed by atoms with E-state index < -0.39 is 0 Å². The van der Waals surface area contributed by atoms with Crippen LogP contribution < -0.4 is 9.47 Å². The van der Waals surface area contributed by atoms with Crippen LogP contribution in [0.5, 0.6) is 11.5 Å². The number of amides is 2. The summed E-state index contributed by atoms with van der Waals surface area (Å²) in [5.41, 5.74) is 5.07. The van der Waals surface area contributed by atoms with E-state index in [1.165, 1.54) is 5.56 Å². The number of aryl methyl sites for hydroxylation is 1. The topological polar surface area (TPSA) is 73.2 Å². The lowest BCUT2D eigenvalue weighted by Gasteiger charge is -2.26. The Morgan fingerprint density at radius 2 is 1.87 bits per heavy atom. The molecule has 2 saturated heterocycles. The average Bonchev–Trinajstić information content (AvgIpc) is 3.69. The van der Waals surface area contributed by atoms with Gasteiger partial charge in [0.25, 0.3) is 5.91 Å². The van der Waals surface area contributed by atoms with E-state index in [0.29, 0.717) is 50.8 Å². The Hall–Kier alpha value is -3.30. The normalized spacial score (nSPS) is 18.9. The molecule has 206 valence electrons. The number of hydrogen-bond acceptors (Lipinski definition) is 6. The summed E-state index contributed by atoms with van der Waals surface area (Å²) in [6, 6.07) is 10.4. The number of aromatic nitrogens is 1. The lowest BCUT2D eigenvalue weighted by molar-refractivity contribution is -0.128. The quantitative estimate of drug-likeness (QED) is 0.446. The van der Waals surface area contributed by atoms with Crippen LogP contribution in [-0.4, -0.2) is 78.8 Å². The summed E-state index contributed by atoms with van der Waals surface area (Å²) < 4.78 is 19.9. The van der Waals surface area contributed by atoms with Gasteiger partial charge in [0.2, 0.25) is 5.91 Å². The van der Waals surface area contributed by atoms with Crippen molar-refractivity contribution in [2.75, 3.05) is 46.5 Å². The van der Waals surface area contributed by atoms with E-state index in [1.54, 1.807) is 25.4 Å². The minimum atomic E-state index is 0.0243. The van der Waals surface area contributed by atoms with Crippen LogP contribution in [0.2, 0.25) is 0 Å². The maximum atomic E-state index is 14.0. The Morgan fingerprint density at radius 1 is 1.03 bits per heavy atom. The van der Waals surface area contributed by atoms with Crippen LogP contribution in [0, 0.1) is 0 Å². The fourth-order valence-electron chi connectivity index (χ4n) is 5.96. The first-order valence-corrected chi connectivity index (χ1v) is 14.7. The number of fused-ring (bicyclic) bond motifs is 3. The van der Waals surface area contributed by atoms with Crippen molar-refractivity contribution in [3.8, 4) is 33.2 Å². The number of benzene rings is 1. The molecular weight excluding hydrogens is 514 g/mol. The number of ether oxygens (including phenoxy) is 3. The van der Waals surface area contributed by atoms with Crippen molar-refractivity contribution in [2.24, 2.45) is 0 Å².